The van der Waals surface area contributed by atoms with Gasteiger partial charge < -0.3 is 0 Å². The topological polar surface area (TPSA) is 45.6 Å². The molecule has 20 heavy (non-hydrogen) atoms. The smallest absolute Gasteiger partial charge is 0.231 e. The normalized spacial score (nSPS) is 19.4. The average molecular weight is 289 g/mol. The molecule has 4 nitrogen and oxygen atoms in total. The minimum Gasteiger partial charge on any atom is -0.289 e. The summed E-state index contributed by atoms with van der Waals surface area (Å²) in [5.74, 6) is 1.34. The zero-order valence-electron chi connectivity index (χ0n) is 11.5. The van der Waals surface area contributed by atoms with Gasteiger partial charge >= 0.3 is 0 Å². The SMILES string of the molecule is O=C(C1CCCC1)N1CCN=C1SCc1cccnc1. The van der Waals surface area contributed by atoms with E-state index in [1.807, 2.05) is 17.2 Å². The maximum Gasteiger partial charge on any atom is 0.231 e. The monoisotopic (exact) mass is 289 g/mol. The second-order valence-electron chi connectivity index (χ2n) is 5.29. The molecule has 0 bridgehead atoms. The lowest BCUT2D eigenvalue weighted by atomic mass is 10.1. The van der Waals surface area contributed by atoms with Gasteiger partial charge in [0, 0.05) is 30.6 Å². The zero-order chi connectivity index (χ0) is 13.8. The van der Waals surface area contributed by atoms with Crippen molar-refractivity contribution in [1.82, 2.24) is 9.88 Å². The first kappa shape index (κ1) is 13.6. The van der Waals surface area contributed by atoms with Crippen LogP contribution in [0.3, 0.4) is 0 Å². The molecule has 0 atom stereocenters. The maximum absolute atomic E-state index is 12.5. The summed E-state index contributed by atoms with van der Waals surface area (Å²) in [4.78, 5) is 23.0. The van der Waals surface area contributed by atoms with Crippen molar-refractivity contribution in [2.45, 2.75) is 31.4 Å². The Bertz CT molecular complexity index is 497. The summed E-state index contributed by atoms with van der Waals surface area (Å²) in [6, 6.07) is 3.99. The van der Waals surface area contributed by atoms with Gasteiger partial charge in [-0.05, 0) is 24.5 Å². The predicted molar refractivity (Wildman–Crippen MR) is 81.5 cm³/mol. The molecule has 0 unspecified atom stereocenters. The minimum absolute atomic E-state index is 0.234. The van der Waals surface area contributed by atoms with E-state index in [1.54, 1.807) is 18.0 Å². The second-order valence-corrected chi connectivity index (χ2v) is 6.23. The van der Waals surface area contributed by atoms with E-state index in [4.69, 9.17) is 0 Å². The van der Waals surface area contributed by atoms with Crippen LogP contribution < -0.4 is 0 Å². The molecule has 0 saturated heterocycles. The van der Waals surface area contributed by atoms with E-state index < -0.39 is 0 Å². The van der Waals surface area contributed by atoms with Crippen LogP contribution in [0.25, 0.3) is 0 Å². The molecular formula is C15H19N3OS. The van der Waals surface area contributed by atoms with Crippen molar-refractivity contribution in [3.8, 4) is 0 Å². The third-order valence-electron chi connectivity index (χ3n) is 3.86. The van der Waals surface area contributed by atoms with E-state index in [1.165, 1.54) is 18.4 Å². The number of hydrogen-bond donors (Lipinski definition) is 0. The lowest BCUT2D eigenvalue weighted by Gasteiger charge is -2.21. The number of carbonyl (C=O) groups excluding carboxylic acids is 1. The molecule has 2 aliphatic rings. The summed E-state index contributed by atoms with van der Waals surface area (Å²) in [7, 11) is 0. The summed E-state index contributed by atoms with van der Waals surface area (Å²) in [6.45, 7) is 1.50. The van der Waals surface area contributed by atoms with Crippen LogP contribution in [0.15, 0.2) is 29.5 Å². The number of carbonyl (C=O) groups is 1. The van der Waals surface area contributed by atoms with E-state index in [9.17, 15) is 4.79 Å². The fourth-order valence-electron chi connectivity index (χ4n) is 2.78. The molecular weight excluding hydrogens is 270 g/mol. The summed E-state index contributed by atoms with van der Waals surface area (Å²) >= 11 is 1.65. The van der Waals surface area contributed by atoms with Gasteiger partial charge in [0.2, 0.25) is 5.91 Å². The molecule has 1 aliphatic carbocycles. The maximum atomic E-state index is 12.5. The van der Waals surface area contributed by atoms with Crippen LogP contribution in [0.4, 0.5) is 0 Å². The number of hydrogen-bond acceptors (Lipinski definition) is 4. The van der Waals surface area contributed by atoms with E-state index >= 15 is 0 Å². The van der Waals surface area contributed by atoms with E-state index in [0.717, 1.165) is 36.9 Å². The van der Waals surface area contributed by atoms with Crippen LogP contribution in [0.2, 0.25) is 0 Å². The van der Waals surface area contributed by atoms with Crippen LogP contribution in [-0.4, -0.2) is 34.0 Å². The van der Waals surface area contributed by atoms with Gasteiger partial charge in [-0.15, -0.1) is 0 Å². The summed E-state index contributed by atoms with van der Waals surface area (Å²) < 4.78 is 0. The third kappa shape index (κ3) is 3.03. The Kier molecular flexibility index (Phi) is 4.35. The molecule has 1 aliphatic heterocycles. The van der Waals surface area contributed by atoms with Crippen LogP contribution in [-0.2, 0) is 10.5 Å². The fraction of sp³-hybridized carbons (Fsp3) is 0.533. The van der Waals surface area contributed by atoms with E-state index in [0.29, 0.717) is 0 Å². The second kappa shape index (κ2) is 6.39. The zero-order valence-corrected chi connectivity index (χ0v) is 12.3. The van der Waals surface area contributed by atoms with Crippen molar-refractivity contribution in [2.24, 2.45) is 10.9 Å². The number of rotatable bonds is 3. The first-order valence-electron chi connectivity index (χ1n) is 7.22. The molecule has 1 aromatic rings. The Hall–Kier alpha value is -1.36. The van der Waals surface area contributed by atoms with Crippen LogP contribution in [0.5, 0.6) is 0 Å². The van der Waals surface area contributed by atoms with Crippen LogP contribution in [0, 0.1) is 5.92 Å². The van der Waals surface area contributed by atoms with Crippen molar-refractivity contribution >= 4 is 22.8 Å². The minimum atomic E-state index is 0.234. The van der Waals surface area contributed by atoms with Gasteiger partial charge in [0.1, 0.15) is 0 Å². The molecule has 5 heteroatoms. The highest BCUT2D eigenvalue weighted by atomic mass is 32.2. The number of amides is 1. The Morgan fingerprint density at radius 3 is 3.00 bits per heavy atom. The Balaban J connectivity index is 1.59. The molecule has 0 N–H and O–H groups in total. The summed E-state index contributed by atoms with van der Waals surface area (Å²) in [5, 5.41) is 0.894. The highest BCUT2D eigenvalue weighted by molar-refractivity contribution is 8.13. The van der Waals surface area contributed by atoms with Crippen molar-refractivity contribution in [3.05, 3.63) is 30.1 Å². The van der Waals surface area contributed by atoms with Gasteiger partial charge in [-0.25, -0.2) is 0 Å². The van der Waals surface area contributed by atoms with Crippen molar-refractivity contribution in [3.63, 3.8) is 0 Å². The molecule has 2 heterocycles. The average Bonchev–Trinajstić information content (AvgIpc) is 3.17. The van der Waals surface area contributed by atoms with Crippen LogP contribution >= 0.6 is 11.8 Å². The number of amidine groups is 1. The van der Waals surface area contributed by atoms with Gasteiger partial charge in [-0.2, -0.15) is 0 Å². The first-order chi connectivity index (χ1) is 9.84. The van der Waals surface area contributed by atoms with Gasteiger partial charge in [-0.1, -0.05) is 30.7 Å². The molecule has 1 amide bonds. The highest BCUT2D eigenvalue weighted by Gasteiger charge is 2.31. The van der Waals surface area contributed by atoms with Gasteiger partial charge in [-0.3, -0.25) is 19.7 Å². The third-order valence-corrected chi connectivity index (χ3v) is 4.95. The molecule has 0 aromatic carbocycles. The first-order valence-corrected chi connectivity index (χ1v) is 8.20. The molecule has 106 valence electrons. The van der Waals surface area contributed by atoms with Crippen molar-refractivity contribution in [1.29, 1.82) is 0 Å². The lowest BCUT2D eigenvalue weighted by Crippen LogP contribution is -2.36. The molecule has 3 rings (SSSR count). The molecule has 1 saturated carbocycles. The lowest BCUT2D eigenvalue weighted by molar-refractivity contribution is -0.130. The number of aliphatic imine (C=N–C) groups is 1. The quantitative estimate of drug-likeness (QED) is 0.859. The van der Waals surface area contributed by atoms with Gasteiger partial charge in [0.25, 0.3) is 0 Å². The predicted octanol–water partition coefficient (Wildman–Crippen LogP) is 2.70. The Labute approximate surface area is 123 Å². The highest BCUT2D eigenvalue weighted by Crippen LogP contribution is 2.29. The summed E-state index contributed by atoms with van der Waals surface area (Å²) in [6.07, 6.45) is 8.13. The number of pyridine rings is 1. The van der Waals surface area contributed by atoms with E-state index in [2.05, 4.69) is 16.0 Å². The number of nitrogens with zero attached hydrogens (tertiary/aromatic N) is 3. The van der Waals surface area contributed by atoms with E-state index in [-0.39, 0.29) is 11.8 Å². The Morgan fingerprint density at radius 1 is 1.40 bits per heavy atom. The summed E-state index contributed by atoms with van der Waals surface area (Å²) in [5.41, 5.74) is 1.17. The van der Waals surface area contributed by atoms with Crippen LogP contribution in [0.1, 0.15) is 31.2 Å². The number of aromatic nitrogens is 1. The molecule has 1 aromatic heterocycles. The molecule has 1 fully saturated rings. The van der Waals surface area contributed by atoms with Gasteiger partial charge in [0.15, 0.2) is 5.17 Å². The standard InChI is InChI=1S/C15H19N3OS/c19-14(13-5-1-2-6-13)18-9-8-17-15(18)20-11-12-4-3-7-16-10-12/h3-4,7,10,13H,1-2,5-6,8-9,11H2. The van der Waals surface area contributed by atoms with Crippen molar-refractivity contribution < 1.29 is 4.79 Å². The Morgan fingerprint density at radius 2 is 2.25 bits per heavy atom. The fourth-order valence-corrected chi connectivity index (χ4v) is 3.77. The van der Waals surface area contributed by atoms with Crippen molar-refractivity contribution in [2.75, 3.05) is 13.1 Å². The largest absolute Gasteiger partial charge is 0.289 e. The molecule has 0 spiro atoms. The molecule has 0 radical (unpaired) electrons. The van der Waals surface area contributed by atoms with Gasteiger partial charge in [0.05, 0.1) is 6.54 Å². The number of thioether (sulfide) groups is 1.